The second-order valence-electron chi connectivity index (χ2n) is 5.40. The molecule has 1 unspecified atom stereocenters. The molecule has 1 saturated heterocycles. The van der Waals surface area contributed by atoms with Crippen LogP contribution in [0.5, 0.6) is 0 Å². The van der Waals surface area contributed by atoms with Gasteiger partial charge in [-0.15, -0.1) is 0 Å². The van der Waals surface area contributed by atoms with Gasteiger partial charge in [-0.05, 0) is 13.0 Å². The minimum Gasteiger partial charge on any atom is -0.394 e. The van der Waals surface area contributed by atoms with E-state index in [4.69, 9.17) is 22.1 Å². The summed E-state index contributed by atoms with van der Waals surface area (Å²) in [5.74, 6) is -2.16. The number of halogens is 2. The van der Waals surface area contributed by atoms with E-state index in [-0.39, 0.29) is 26.9 Å². The molecule has 4 N–H and O–H groups in total. The van der Waals surface area contributed by atoms with Crippen molar-refractivity contribution in [1.29, 1.82) is 0 Å². The molecule has 1 aliphatic rings. The molecule has 6 nitrogen and oxygen atoms in total. The summed E-state index contributed by atoms with van der Waals surface area (Å²) in [6.07, 6.45) is -4.73. The van der Waals surface area contributed by atoms with E-state index in [9.17, 15) is 19.0 Å². The lowest BCUT2D eigenvalue weighted by atomic mass is 10.0. The first kappa shape index (κ1) is 16.3. The molecule has 0 radical (unpaired) electrons. The molecule has 0 amide bonds. The first-order valence-electron chi connectivity index (χ1n) is 6.86. The number of hydrogen-bond acceptors (Lipinski definition) is 6. The summed E-state index contributed by atoms with van der Waals surface area (Å²) in [6.45, 7) is 0.831. The molecule has 0 bridgehead atoms. The molecule has 1 aliphatic heterocycles. The van der Waals surface area contributed by atoms with E-state index in [0.717, 1.165) is 0 Å². The average molecular weight is 344 g/mol. The predicted octanol–water partition coefficient (Wildman–Crippen LogP) is 1.03. The van der Waals surface area contributed by atoms with Gasteiger partial charge in [0.15, 0.2) is 11.6 Å². The van der Waals surface area contributed by atoms with Crippen LogP contribution < -0.4 is 0 Å². The van der Waals surface area contributed by atoms with Crippen LogP contribution in [-0.2, 0) is 4.74 Å². The summed E-state index contributed by atoms with van der Waals surface area (Å²) >= 11 is 5.15. The molecule has 3 heterocycles. The summed E-state index contributed by atoms with van der Waals surface area (Å²) < 4.78 is 33.3. The standard InChI is InChI=1S/C14H14F2N2O4S/c1-4-8(15)9(16)5-2-6(14(23)18-13(5)17-4)12-11(21)10(20)7(3-19)22-12/h2,7,10-12,19-21H,3H2,1H3,(H,17,18,23)/t7-,10?,11+,12+/m1/s1. The molecule has 4 atom stereocenters. The van der Waals surface area contributed by atoms with Crippen molar-refractivity contribution in [3.8, 4) is 0 Å². The highest BCUT2D eigenvalue weighted by molar-refractivity contribution is 7.71. The van der Waals surface area contributed by atoms with Crippen molar-refractivity contribution in [3.63, 3.8) is 0 Å². The van der Waals surface area contributed by atoms with Gasteiger partial charge < -0.3 is 25.0 Å². The lowest BCUT2D eigenvalue weighted by Gasteiger charge is -2.16. The van der Waals surface area contributed by atoms with Crippen LogP contribution >= 0.6 is 12.2 Å². The van der Waals surface area contributed by atoms with Gasteiger partial charge in [-0.25, -0.2) is 13.8 Å². The normalized spacial score (nSPS) is 27.7. The number of nitrogens with one attached hydrogen (secondary N) is 1. The number of aromatic nitrogens is 2. The highest BCUT2D eigenvalue weighted by Gasteiger charge is 2.43. The number of ether oxygens (including phenoxy) is 1. The van der Waals surface area contributed by atoms with Gasteiger partial charge in [0, 0.05) is 5.56 Å². The Morgan fingerprint density at radius 1 is 1.30 bits per heavy atom. The Labute approximate surface area is 134 Å². The average Bonchev–Trinajstić information content (AvgIpc) is 2.80. The Bertz CT molecular complexity index is 829. The summed E-state index contributed by atoms with van der Waals surface area (Å²) in [7, 11) is 0. The number of fused-ring (bicyclic) bond motifs is 1. The number of hydrogen-bond donors (Lipinski definition) is 4. The highest BCUT2D eigenvalue weighted by Crippen LogP contribution is 2.35. The predicted molar refractivity (Wildman–Crippen MR) is 78.3 cm³/mol. The molecule has 3 rings (SSSR count). The van der Waals surface area contributed by atoms with Crippen molar-refractivity contribution in [2.24, 2.45) is 0 Å². The molecule has 124 valence electrons. The zero-order valence-electron chi connectivity index (χ0n) is 12.0. The molecule has 0 spiro atoms. The molecule has 0 aliphatic carbocycles. The molecule has 0 saturated carbocycles. The van der Waals surface area contributed by atoms with Gasteiger partial charge in [-0.2, -0.15) is 0 Å². The Hall–Kier alpha value is -1.52. The number of rotatable bonds is 2. The fraction of sp³-hybridized carbons (Fsp3) is 0.429. The number of aliphatic hydroxyl groups is 3. The maximum atomic E-state index is 14.1. The number of pyridine rings is 2. The zero-order chi connectivity index (χ0) is 16.9. The summed E-state index contributed by atoms with van der Waals surface area (Å²) in [6, 6.07) is 1.24. The molecule has 2 aromatic heterocycles. The van der Waals surface area contributed by atoms with Crippen LogP contribution in [0, 0.1) is 23.2 Å². The first-order valence-corrected chi connectivity index (χ1v) is 7.27. The van der Waals surface area contributed by atoms with E-state index < -0.39 is 42.7 Å². The summed E-state index contributed by atoms with van der Waals surface area (Å²) in [4.78, 5) is 6.57. The Balaban J connectivity index is 2.16. The lowest BCUT2D eigenvalue weighted by molar-refractivity contribution is -0.0229. The van der Waals surface area contributed by atoms with Crippen LogP contribution in [0.25, 0.3) is 11.0 Å². The van der Waals surface area contributed by atoms with Crippen LogP contribution in [0.4, 0.5) is 8.78 Å². The van der Waals surface area contributed by atoms with Crippen LogP contribution in [0.3, 0.4) is 0 Å². The third-order valence-corrected chi connectivity index (χ3v) is 4.26. The Kier molecular flexibility index (Phi) is 4.15. The fourth-order valence-electron chi connectivity index (χ4n) is 2.65. The summed E-state index contributed by atoms with van der Waals surface area (Å²) in [5, 5.41) is 28.8. The second kappa shape index (κ2) is 5.84. The lowest BCUT2D eigenvalue weighted by Crippen LogP contribution is -2.32. The molecule has 9 heteroatoms. The maximum Gasteiger partial charge on any atom is 0.180 e. The number of aliphatic hydroxyl groups excluding tert-OH is 3. The largest absolute Gasteiger partial charge is 0.394 e. The van der Waals surface area contributed by atoms with Crippen molar-refractivity contribution in [1.82, 2.24) is 9.97 Å². The number of aryl methyl sites for hydroxylation is 1. The van der Waals surface area contributed by atoms with E-state index >= 15 is 0 Å². The van der Waals surface area contributed by atoms with Gasteiger partial charge in [-0.1, -0.05) is 12.2 Å². The smallest absolute Gasteiger partial charge is 0.180 e. The monoisotopic (exact) mass is 344 g/mol. The molecule has 23 heavy (non-hydrogen) atoms. The fourth-order valence-corrected chi connectivity index (χ4v) is 2.93. The van der Waals surface area contributed by atoms with Crippen molar-refractivity contribution < 1.29 is 28.8 Å². The zero-order valence-corrected chi connectivity index (χ0v) is 12.8. The molecular formula is C14H14F2N2O4S. The van der Waals surface area contributed by atoms with E-state index in [0.29, 0.717) is 0 Å². The highest BCUT2D eigenvalue weighted by atomic mass is 32.1. The van der Waals surface area contributed by atoms with E-state index in [1.54, 1.807) is 0 Å². The third kappa shape index (κ3) is 2.54. The number of nitrogens with zero attached hydrogens (tertiary/aromatic N) is 1. The molecule has 1 fully saturated rings. The van der Waals surface area contributed by atoms with Crippen LogP contribution in [-0.4, -0.2) is 50.2 Å². The van der Waals surface area contributed by atoms with E-state index in [2.05, 4.69) is 9.97 Å². The van der Waals surface area contributed by atoms with Gasteiger partial charge in [0.25, 0.3) is 0 Å². The van der Waals surface area contributed by atoms with Crippen LogP contribution in [0.2, 0.25) is 0 Å². The first-order chi connectivity index (χ1) is 10.8. The van der Waals surface area contributed by atoms with Gasteiger partial charge in [-0.3, -0.25) is 0 Å². The third-order valence-electron chi connectivity index (χ3n) is 3.92. The molecule has 0 aromatic carbocycles. The van der Waals surface area contributed by atoms with E-state index in [1.165, 1.54) is 13.0 Å². The molecular weight excluding hydrogens is 330 g/mol. The second-order valence-corrected chi connectivity index (χ2v) is 5.81. The van der Waals surface area contributed by atoms with Crippen molar-refractivity contribution >= 4 is 23.3 Å². The van der Waals surface area contributed by atoms with Gasteiger partial charge in [0.1, 0.15) is 34.7 Å². The van der Waals surface area contributed by atoms with Gasteiger partial charge >= 0.3 is 0 Å². The van der Waals surface area contributed by atoms with Crippen LogP contribution in [0.1, 0.15) is 17.4 Å². The minimum absolute atomic E-state index is 0.0712. The Morgan fingerprint density at radius 3 is 2.61 bits per heavy atom. The van der Waals surface area contributed by atoms with Crippen molar-refractivity contribution in [3.05, 3.63) is 33.6 Å². The van der Waals surface area contributed by atoms with E-state index in [1.807, 2.05) is 0 Å². The minimum atomic E-state index is -1.36. The van der Waals surface area contributed by atoms with Crippen molar-refractivity contribution in [2.75, 3.05) is 6.61 Å². The summed E-state index contributed by atoms with van der Waals surface area (Å²) in [5.41, 5.74) is 0.141. The maximum absolute atomic E-state index is 14.1. The van der Waals surface area contributed by atoms with Gasteiger partial charge in [0.2, 0.25) is 0 Å². The van der Waals surface area contributed by atoms with Gasteiger partial charge in [0.05, 0.1) is 17.7 Å². The molecule has 2 aromatic rings. The Morgan fingerprint density at radius 2 is 2.00 bits per heavy atom. The van der Waals surface area contributed by atoms with Crippen molar-refractivity contribution in [2.45, 2.75) is 31.3 Å². The van der Waals surface area contributed by atoms with Crippen LogP contribution in [0.15, 0.2) is 6.07 Å². The topological polar surface area (TPSA) is 98.6 Å². The number of aromatic amines is 1. The quantitative estimate of drug-likeness (QED) is 0.608. The number of H-pyrrole nitrogens is 1. The SMILES string of the molecule is Cc1nc2[nH]c(=S)c([C@@H]3O[C@H](CO)C(O)[C@@H]3O)cc2c(F)c1F.